The van der Waals surface area contributed by atoms with Crippen molar-refractivity contribution in [1.82, 2.24) is 20.1 Å². The SMILES string of the molecule is CC(N[C@@H](C)c1ccccn1)c1ccnn1C. The van der Waals surface area contributed by atoms with Gasteiger partial charge in [0.2, 0.25) is 0 Å². The lowest BCUT2D eigenvalue weighted by Gasteiger charge is -2.19. The summed E-state index contributed by atoms with van der Waals surface area (Å²) in [4.78, 5) is 4.35. The van der Waals surface area contributed by atoms with Gasteiger partial charge in [-0.3, -0.25) is 9.67 Å². The summed E-state index contributed by atoms with van der Waals surface area (Å²) in [6.45, 7) is 4.26. The topological polar surface area (TPSA) is 42.7 Å². The van der Waals surface area contributed by atoms with Gasteiger partial charge in [0.1, 0.15) is 0 Å². The molecule has 0 aliphatic carbocycles. The summed E-state index contributed by atoms with van der Waals surface area (Å²) in [6, 6.07) is 8.48. The van der Waals surface area contributed by atoms with Crippen LogP contribution in [0, 0.1) is 0 Å². The van der Waals surface area contributed by atoms with Gasteiger partial charge >= 0.3 is 0 Å². The molecule has 1 unspecified atom stereocenters. The molecule has 0 saturated heterocycles. The smallest absolute Gasteiger partial charge is 0.0570 e. The standard InChI is InChI=1S/C13H18N4/c1-10(12-6-4-5-8-14-12)16-11(2)13-7-9-15-17(13)3/h4-11,16H,1-3H3/t10-,11?/m0/s1. The van der Waals surface area contributed by atoms with Gasteiger partial charge in [-0.25, -0.2) is 0 Å². The van der Waals surface area contributed by atoms with Crippen molar-refractivity contribution < 1.29 is 0 Å². The molecular weight excluding hydrogens is 212 g/mol. The molecule has 0 radical (unpaired) electrons. The molecule has 2 rings (SSSR count). The molecule has 0 amide bonds. The van der Waals surface area contributed by atoms with E-state index in [1.165, 1.54) is 5.69 Å². The zero-order chi connectivity index (χ0) is 12.3. The highest BCUT2D eigenvalue weighted by molar-refractivity contribution is 5.10. The van der Waals surface area contributed by atoms with E-state index in [4.69, 9.17) is 0 Å². The second-order valence-electron chi connectivity index (χ2n) is 4.24. The average molecular weight is 230 g/mol. The van der Waals surface area contributed by atoms with Crippen molar-refractivity contribution >= 4 is 0 Å². The maximum absolute atomic E-state index is 4.35. The first-order valence-corrected chi connectivity index (χ1v) is 5.83. The van der Waals surface area contributed by atoms with E-state index in [9.17, 15) is 0 Å². The van der Waals surface area contributed by atoms with Crippen molar-refractivity contribution in [3.8, 4) is 0 Å². The molecule has 4 nitrogen and oxygen atoms in total. The number of hydrogen-bond donors (Lipinski definition) is 1. The number of hydrogen-bond acceptors (Lipinski definition) is 3. The molecule has 0 spiro atoms. The van der Waals surface area contributed by atoms with Crippen LogP contribution in [-0.4, -0.2) is 14.8 Å². The summed E-state index contributed by atoms with van der Waals surface area (Å²) in [5, 5.41) is 7.69. The Morgan fingerprint density at radius 3 is 2.53 bits per heavy atom. The highest BCUT2D eigenvalue weighted by atomic mass is 15.3. The quantitative estimate of drug-likeness (QED) is 0.875. The first-order valence-electron chi connectivity index (χ1n) is 5.83. The molecular formula is C13H18N4. The van der Waals surface area contributed by atoms with Crippen LogP contribution in [0.5, 0.6) is 0 Å². The molecule has 1 N–H and O–H groups in total. The van der Waals surface area contributed by atoms with Crippen molar-refractivity contribution in [3.63, 3.8) is 0 Å². The predicted octanol–water partition coefficient (Wildman–Crippen LogP) is 2.23. The Morgan fingerprint density at radius 1 is 1.12 bits per heavy atom. The van der Waals surface area contributed by atoms with Gasteiger partial charge in [0.05, 0.1) is 11.4 Å². The van der Waals surface area contributed by atoms with Crippen molar-refractivity contribution in [2.24, 2.45) is 7.05 Å². The van der Waals surface area contributed by atoms with Gasteiger partial charge in [0.25, 0.3) is 0 Å². The number of nitrogens with zero attached hydrogens (tertiary/aromatic N) is 3. The minimum absolute atomic E-state index is 0.223. The van der Waals surface area contributed by atoms with Crippen LogP contribution in [0.2, 0.25) is 0 Å². The Hall–Kier alpha value is -1.68. The number of nitrogens with one attached hydrogen (secondary N) is 1. The van der Waals surface area contributed by atoms with Crippen LogP contribution in [0.3, 0.4) is 0 Å². The van der Waals surface area contributed by atoms with E-state index in [-0.39, 0.29) is 12.1 Å². The Balaban J connectivity index is 2.05. The zero-order valence-corrected chi connectivity index (χ0v) is 10.5. The van der Waals surface area contributed by atoms with E-state index in [2.05, 4.69) is 29.2 Å². The second-order valence-corrected chi connectivity index (χ2v) is 4.24. The lowest BCUT2D eigenvalue weighted by Crippen LogP contribution is -2.24. The minimum Gasteiger partial charge on any atom is -0.301 e. The van der Waals surface area contributed by atoms with Gasteiger partial charge in [-0.2, -0.15) is 5.10 Å². The van der Waals surface area contributed by atoms with E-state index < -0.39 is 0 Å². The van der Waals surface area contributed by atoms with E-state index in [0.29, 0.717) is 0 Å². The van der Waals surface area contributed by atoms with Crippen LogP contribution in [-0.2, 0) is 7.05 Å². The average Bonchev–Trinajstić information content (AvgIpc) is 2.76. The van der Waals surface area contributed by atoms with Gasteiger partial charge in [0, 0.05) is 31.5 Å². The van der Waals surface area contributed by atoms with Crippen molar-refractivity contribution in [2.75, 3.05) is 0 Å². The molecule has 4 heteroatoms. The molecule has 0 fully saturated rings. The molecule has 0 aliphatic heterocycles. The van der Waals surface area contributed by atoms with Gasteiger partial charge in [-0.1, -0.05) is 6.07 Å². The summed E-state index contributed by atoms with van der Waals surface area (Å²) < 4.78 is 1.89. The zero-order valence-electron chi connectivity index (χ0n) is 10.5. The number of rotatable bonds is 4. The minimum atomic E-state index is 0.223. The fourth-order valence-electron chi connectivity index (χ4n) is 1.99. The van der Waals surface area contributed by atoms with E-state index >= 15 is 0 Å². The molecule has 0 aliphatic rings. The fraction of sp³-hybridized carbons (Fsp3) is 0.385. The third-order valence-electron chi connectivity index (χ3n) is 2.93. The summed E-state index contributed by atoms with van der Waals surface area (Å²) in [7, 11) is 1.96. The third-order valence-corrected chi connectivity index (χ3v) is 2.93. The third kappa shape index (κ3) is 2.71. The Kier molecular flexibility index (Phi) is 3.54. The maximum atomic E-state index is 4.35. The first kappa shape index (κ1) is 11.8. The molecule has 17 heavy (non-hydrogen) atoms. The Bertz CT molecular complexity index is 463. The normalized spacial score (nSPS) is 14.5. The first-order chi connectivity index (χ1) is 8.18. The van der Waals surface area contributed by atoms with Crippen LogP contribution < -0.4 is 5.32 Å². The maximum Gasteiger partial charge on any atom is 0.0570 e. The van der Waals surface area contributed by atoms with Gasteiger partial charge in [-0.05, 0) is 32.0 Å². The lowest BCUT2D eigenvalue weighted by molar-refractivity contribution is 0.463. The summed E-state index contributed by atoms with van der Waals surface area (Å²) >= 11 is 0. The monoisotopic (exact) mass is 230 g/mol. The fourth-order valence-corrected chi connectivity index (χ4v) is 1.99. The molecule has 2 aromatic heterocycles. The molecule has 2 atom stereocenters. The van der Waals surface area contributed by atoms with Crippen LogP contribution in [0.4, 0.5) is 0 Å². The van der Waals surface area contributed by atoms with E-state index in [0.717, 1.165) is 5.69 Å². The molecule has 0 bridgehead atoms. The highest BCUT2D eigenvalue weighted by Crippen LogP contribution is 2.16. The molecule has 0 saturated carbocycles. The van der Waals surface area contributed by atoms with Crippen LogP contribution in [0.25, 0.3) is 0 Å². The molecule has 2 aromatic rings. The van der Waals surface area contributed by atoms with Crippen LogP contribution >= 0.6 is 0 Å². The second kappa shape index (κ2) is 5.10. The van der Waals surface area contributed by atoms with Crippen LogP contribution in [0.1, 0.15) is 37.3 Å². The summed E-state index contributed by atoms with van der Waals surface area (Å²) in [5.41, 5.74) is 2.23. The molecule has 2 heterocycles. The summed E-state index contributed by atoms with van der Waals surface area (Å²) in [5.74, 6) is 0. The van der Waals surface area contributed by atoms with Crippen molar-refractivity contribution in [1.29, 1.82) is 0 Å². The Labute approximate surface area is 102 Å². The number of pyridine rings is 1. The molecule has 0 aromatic carbocycles. The van der Waals surface area contributed by atoms with Crippen molar-refractivity contribution in [2.45, 2.75) is 25.9 Å². The van der Waals surface area contributed by atoms with Gasteiger partial charge < -0.3 is 5.32 Å². The summed E-state index contributed by atoms with van der Waals surface area (Å²) in [6.07, 6.45) is 3.64. The van der Waals surface area contributed by atoms with E-state index in [1.807, 2.05) is 48.4 Å². The number of aryl methyl sites for hydroxylation is 1. The Morgan fingerprint density at radius 2 is 1.94 bits per heavy atom. The molecule has 90 valence electrons. The van der Waals surface area contributed by atoms with Gasteiger partial charge in [-0.15, -0.1) is 0 Å². The van der Waals surface area contributed by atoms with Gasteiger partial charge in [0.15, 0.2) is 0 Å². The highest BCUT2D eigenvalue weighted by Gasteiger charge is 2.13. The van der Waals surface area contributed by atoms with Crippen LogP contribution in [0.15, 0.2) is 36.7 Å². The largest absolute Gasteiger partial charge is 0.301 e. The number of aromatic nitrogens is 3. The van der Waals surface area contributed by atoms with Crippen molar-refractivity contribution in [3.05, 3.63) is 48.0 Å². The predicted molar refractivity (Wildman–Crippen MR) is 67.4 cm³/mol. The van der Waals surface area contributed by atoms with E-state index in [1.54, 1.807) is 0 Å². The lowest BCUT2D eigenvalue weighted by atomic mass is 10.1.